The second-order valence-electron chi connectivity index (χ2n) is 3.76. The van der Waals surface area contributed by atoms with Gasteiger partial charge in [-0.25, -0.2) is 0 Å². The number of nitrogens with one attached hydrogen (secondary N) is 1. The molecule has 2 nitrogen and oxygen atoms in total. The lowest BCUT2D eigenvalue weighted by Gasteiger charge is -2.22. The molecule has 0 amide bonds. The first-order valence-electron chi connectivity index (χ1n) is 5.18. The average molecular weight is 243 g/mol. The Hall–Kier alpha value is -0.380. The molecule has 4 heteroatoms. The highest BCUT2D eigenvalue weighted by Crippen LogP contribution is 2.34. The summed E-state index contributed by atoms with van der Waals surface area (Å²) in [6.45, 7) is 2.22. The number of hydrogen-bond donors (Lipinski definition) is 2. The molecule has 1 aromatic carbocycles. The zero-order chi connectivity index (χ0) is 10.7. The van der Waals surface area contributed by atoms with Gasteiger partial charge in [0, 0.05) is 15.8 Å². The third kappa shape index (κ3) is 3.03. The van der Waals surface area contributed by atoms with E-state index in [9.17, 15) is 0 Å². The summed E-state index contributed by atoms with van der Waals surface area (Å²) in [7, 11) is 0. The second kappa shape index (κ2) is 5.10. The molecule has 0 bridgehead atoms. The van der Waals surface area contributed by atoms with Crippen molar-refractivity contribution in [3.8, 4) is 0 Å². The van der Waals surface area contributed by atoms with Gasteiger partial charge in [0.1, 0.15) is 0 Å². The van der Waals surface area contributed by atoms with Crippen LogP contribution >= 0.6 is 23.4 Å². The van der Waals surface area contributed by atoms with Crippen molar-refractivity contribution in [2.75, 3.05) is 18.8 Å². The average Bonchev–Trinajstić information content (AvgIpc) is 2.25. The number of anilines is 1. The van der Waals surface area contributed by atoms with Crippen LogP contribution in [0.5, 0.6) is 0 Å². The molecule has 82 valence electrons. The molecule has 2 rings (SSSR count). The summed E-state index contributed by atoms with van der Waals surface area (Å²) in [5, 5.41) is 4.84. The highest BCUT2D eigenvalue weighted by molar-refractivity contribution is 8.00. The summed E-state index contributed by atoms with van der Waals surface area (Å²) >= 11 is 7.98. The summed E-state index contributed by atoms with van der Waals surface area (Å²) in [5.74, 6) is 0. The molecule has 0 spiro atoms. The van der Waals surface area contributed by atoms with Gasteiger partial charge >= 0.3 is 0 Å². The quantitative estimate of drug-likeness (QED) is 0.784. The minimum atomic E-state index is 0.672. The van der Waals surface area contributed by atoms with E-state index in [1.165, 1.54) is 12.8 Å². The molecule has 0 saturated carbocycles. The van der Waals surface area contributed by atoms with E-state index in [1.807, 2.05) is 30.0 Å². The largest absolute Gasteiger partial charge is 0.399 e. The normalized spacial score (nSPS) is 17.9. The number of thioether (sulfide) groups is 1. The van der Waals surface area contributed by atoms with Gasteiger partial charge in [-0.2, -0.15) is 0 Å². The summed E-state index contributed by atoms with van der Waals surface area (Å²) < 4.78 is 0. The maximum absolute atomic E-state index is 6.12. The van der Waals surface area contributed by atoms with Gasteiger partial charge < -0.3 is 11.1 Å². The summed E-state index contributed by atoms with van der Waals surface area (Å²) in [6.07, 6.45) is 2.41. The molecule has 1 heterocycles. The van der Waals surface area contributed by atoms with Crippen LogP contribution in [0, 0.1) is 0 Å². The fourth-order valence-electron chi connectivity index (χ4n) is 1.70. The molecular weight excluding hydrogens is 228 g/mol. The Labute approximate surface area is 99.6 Å². The maximum atomic E-state index is 6.12. The number of nitrogens with two attached hydrogens (primary N) is 1. The Balaban J connectivity index is 2.05. The van der Waals surface area contributed by atoms with Gasteiger partial charge in [-0.3, -0.25) is 0 Å². The molecule has 0 radical (unpaired) electrons. The summed E-state index contributed by atoms with van der Waals surface area (Å²) in [5.41, 5.74) is 6.54. The minimum Gasteiger partial charge on any atom is -0.399 e. The van der Waals surface area contributed by atoms with Crippen LogP contribution in [0.4, 0.5) is 5.69 Å². The maximum Gasteiger partial charge on any atom is 0.0543 e. The van der Waals surface area contributed by atoms with Crippen molar-refractivity contribution in [2.24, 2.45) is 0 Å². The molecule has 0 unspecified atom stereocenters. The predicted octanol–water partition coefficient (Wildman–Crippen LogP) is 2.77. The monoisotopic (exact) mass is 242 g/mol. The van der Waals surface area contributed by atoms with Gasteiger partial charge in [0.25, 0.3) is 0 Å². The van der Waals surface area contributed by atoms with Crippen molar-refractivity contribution in [1.82, 2.24) is 5.32 Å². The van der Waals surface area contributed by atoms with E-state index in [2.05, 4.69) is 5.32 Å². The van der Waals surface area contributed by atoms with Gasteiger partial charge in [-0.05, 0) is 44.1 Å². The predicted molar refractivity (Wildman–Crippen MR) is 67.6 cm³/mol. The Kier molecular flexibility index (Phi) is 3.78. The Morgan fingerprint density at radius 3 is 2.80 bits per heavy atom. The van der Waals surface area contributed by atoms with Crippen LogP contribution < -0.4 is 11.1 Å². The van der Waals surface area contributed by atoms with Crippen molar-refractivity contribution in [1.29, 1.82) is 0 Å². The fraction of sp³-hybridized carbons (Fsp3) is 0.455. The lowest BCUT2D eigenvalue weighted by Crippen LogP contribution is -2.29. The molecule has 3 N–H and O–H groups in total. The topological polar surface area (TPSA) is 38.0 Å². The van der Waals surface area contributed by atoms with Gasteiger partial charge in [0.15, 0.2) is 0 Å². The fourth-order valence-corrected chi connectivity index (χ4v) is 3.17. The first-order chi connectivity index (χ1) is 7.25. The van der Waals surface area contributed by atoms with Gasteiger partial charge in [-0.15, -0.1) is 11.8 Å². The number of hydrogen-bond acceptors (Lipinski definition) is 3. The van der Waals surface area contributed by atoms with Crippen molar-refractivity contribution in [2.45, 2.75) is 23.0 Å². The highest BCUT2D eigenvalue weighted by atomic mass is 35.5. The molecule has 1 aromatic rings. The Morgan fingerprint density at radius 1 is 1.33 bits per heavy atom. The lowest BCUT2D eigenvalue weighted by atomic mass is 10.2. The third-order valence-electron chi connectivity index (χ3n) is 2.54. The smallest absolute Gasteiger partial charge is 0.0543 e. The molecule has 1 fully saturated rings. The number of benzene rings is 1. The third-order valence-corrected chi connectivity index (χ3v) is 4.37. The lowest BCUT2D eigenvalue weighted by molar-refractivity contribution is 0.531. The van der Waals surface area contributed by atoms with E-state index in [-0.39, 0.29) is 0 Å². The van der Waals surface area contributed by atoms with E-state index in [1.54, 1.807) is 0 Å². The SMILES string of the molecule is Nc1ccc(Cl)c(SC2CCNCC2)c1. The van der Waals surface area contributed by atoms with Crippen molar-refractivity contribution < 1.29 is 0 Å². The minimum absolute atomic E-state index is 0.672. The van der Waals surface area contributed by atoms with Crippen LogP contribution in [0.3, 0.4) is 0 Å². The standard InChI is InChI=1S/C11H15ClN2S/c12-10-2-1-8(13)7-11(10)15-9-3-5-14-6-4-9/h1-2,7,9,14H,3-6,13H2. The zero-order valence-corrected chi connectivity index (χ0v) is 10.1. The van der Waals surface area contributed by atoms with Crippen molar-refractivity contribution in [3.05, 3.63) is 23.2 Å². The van der Waals surface area contributed by atoms with Crippen LogP contribution in [0.15, 0.2) is 23.1 Å². The number of halogens is 1. The van der Waals surface area contributed by atoms with E-state index in [4.69, 9.17) is 17.3 Å². The van der Waals surface area contributed by atoms with Crippen LogP contribution in [-0.4, -0.2) is 18.3 Å². The number of nitrogen functional groups attached to an aromatic ring is 1. The van der Waals surface area contributed by atoms with Gasteiger partial charge in [0.2, 0.25) is 0 Å². The zero-order valence-electron chi connectivity index (χ0n) is 8.50. The first-order valence-corrected chi connectivity index (χ1v) is 6.44. The van der Waals surface area contributed by atoms with Crippen LogP contribution in [0.1, 0.15) is 12.8 Å². The Bertz CT molecular complexity index is 337. The molecule has 1 saturated heterocycles. The molecule has 0 aliphatic carbocycles. The van der Waals surface area contributed by atoms with E-state index >= 15 is 0 Å². The Morgan fingerprint density at radius 2 is 2.07 bits per heavy atom. The van der Waals surface area contributed by atoms with E-state index in [0.29, 0.717) is 5.25 Å². The molecular formula is C11H15ClN2S. The van der Waals surface area contributed by atoms with Crippen molar-refractivity contribution in [3.63, 3.8) is 0 Å². The molecule has 1 aliphatic rings. The summed E-state index contributed by atoms with van der Waals surface area (Å²) in [6, 6.07) is 5.68. The number of rotatable bonds is 2. The second-order valence-corrected chi connectivity index (χ2v) is 5.51. The van der Waals surface area contributed by atoms with Crippen molar-refractivity contribution >= 4 is 29.1 Å². The van der Waals surface area contributed by atoms with E-state index < -0.39 is 0 Å². The van der Waals surface area contributed by atoms with Gasteiger partial charge in [0.05, 0.1) is 5.02 Å². The van der Waals surface area contributed by atoms with E-state index in [0.717, 1.165) is 28.7 Å². The molecule has 15 heavy (non-hydrogen) atoms. The number of piperidine rings is 1. The van der Waals surface area contributed by atoms with Gasteiger partial charge in [-0.1, -0.05) is 11.6 Å². The highest BCUT2D eigenvalue weighted by Gasteiger charge is 2.15. The molecule has 1 aliphatic heterocycles. The van der Waals surface area contributed by atoms with Crippen LogP contribution in [0.25, 0.3) is 0 Å². The first kappa shape index (κ1) is 11.1. The molecule has 0 atom stereocenters. The van der Waals surface area contributed by atoms with Crippen LogP contribution in [-0.2, 0) is 0 Å². The summed E-state index contributed by atoms with van der Waals surface area (Å²) in [4.78, 5) is 1.11. The van der Waals surface area contributed by atoms with Crippen LogP contribution in [0.2, 0.25) is 5.02 Å². The molecule has 0 aromatic heterocycles.